The minimum absolute atomic E-state index is 0.0190. The normalized spacial score (nSPS) is 20.5. The number of benzene rings is 1. The van der Waals surface area contributed by atoms with Crippen LogP contribution in [0.15, 0.2) is 30.5 Å². The molecule has 1 saturated heterocycles. The first kappa shape index (κ1) is 16.1. The molecule has 1 saturated carbocycles. The van der Waals surface area contributed by atoms with E-state index in [1.165, 1.54) is 18.9 Å². The summed E-state index contributed by atoms with van der Waals surface area (Å²) >= 11 is 0. The lowest BCUT2D eigenvalue weighted by atomic mass is 10.0. The summed E-state index contributed by atoms with van der Waals surface area (Å²) in [5, 5.41) is 11.0. The van der Waals surface area contributed by atoms with Crippen LogP contribution in [0.25, 0.3) is 0 Å². The highest BCUT2D eigenvalue weighted by molar-refractivity contribution is 5.92. The molecule has 7 heteroatoms. The van der Waals surface area contributed by atoms with Gasteiger partial charge in [0.15, 0.2) is 5.69 Å². The van der Waals surface area contributed by atoms with Crippen molar-refractivity contribution in [1.82, 2.24) is 20.3 Å². The fourth-order valence-electron chi connectivity index (χ4n) is 3.34. The van der Waals surface area contributed by atoms with E-state index in [1.807, 2.05) is 11.0 Å². The molecule has 1 atom stereocenters. The van der Waals surface area contributed by atoms with Crippen LogP contribution in [0.3, 0.4) is 0 Å². The van der Waals surface area contributed by atoms with Crippen LogP contribution in [0, 0.1) is 11.7 Å². The SMILES string of the molecule is O=C(NC1CCCN(c2ccccc2F)C1)c1cn(CC2CC2)nn1. The largest absolute Gasteiger partial charge is 0.367 e. The van der Waals surface area contributed by atoms with Gasteiger partial charge in [0.25, 0.3) is 5.91 Å². The van der Waals surface area contributed by atoms with E-state index in [0.717, 1.165) is 25.9 Å². The first-order valence-corrected chi connectivity index (χ1v) is 8.89. The number of hydrogen-bond donors (Lipinski definition) is 1. The van der Waals surface area contributed by atoms with Crippen molar-refractivity contribution in [2.75, 3.05) is 18.0 Å². The summed E-state index contributed by atoms with van der Waals surface area (Å²) < 4.78 is 15.7. The Labute approximate surface area is 146 Å². The minimum atomic E-state index is -0.225. The molecule has 1 aromatic heterocycles. The van der Waals surface area contributed by atoms with E-state index < -0.39 is 0 Å². The van der Waals surface area contributed by atoms with Gasteiger partial charge in [-0.1, -0.05) is 17.3 Å². The van der Waals surface area contributed by atoms with Crippen molar-refractivity contribution in [2.24, 2.45) is 5.92 Å². The van der Waals surface area contributed by atoms with Crippen molar-refractivity contribution in [2.45, 2.75) is 38.3 Å². The van der Waals surface area contributed by atoms with Crippen LogP contribution in [0.4, 0.5) is 10.1 Å². The Hall–Kier alpha value is -2.44. The molecule has 2 fully saturated rings. The highest BCUT2D eigenvalue weighted by Gasteiger charge is 2.25. The van der Waals surface area contributed by atoms with Crippen LogP contribution in [-0.2, 0) is 6.54 Å². The summed E-state index contributed by atoms with van der Waals surface area (Å²) in [5.74, 6) is 0.255. The number of aromatic nitrogens is 3. The number of anilines is 1. The molecule has 1 aliphatic carbocycles. The third-order valence-corrected chi connectivity index (χ3v) is 4.86. The smallest absolute Gasteiger partial charge is 0.273 e. The van der Waals surface area contributed by atoms with Gasteiger partial charge < -0.3 is 10.2 Å². The Morgan fingerprint density at radius 1 is 1.28 bits per heavy atom. The lowest BCUT2D eigenvalue weighted by molar-refractivity contribution is 0.0928. The lowest BCUT2D eigenvalue weighted by Crippen LogP contribution is -2.48. The second-order valence-corrected chi connectivity index (χ2v) is 6.98. The van der Waals surface area contributed by atoms with Gasteiger partial charge in [-0.15, -0.1) is 5.10 Å². The van der Waals surface area contributed by atoms with Crippen molar-refractivity contribution in [1.29, 1.82) is 0 Å². The van der Waals surface area contributed by atoms with Crippen molar-refractivity contribution in [3.63, 3.8) is 0 Å². The summed E-state index contributed by atoms with van der Waals surface area (Å²) in [7, 11) is 0. The van der Waals surface area contributed by atoms with Crippen molar-refractivity contribution >= 4 is 11.6 Å². The van der Waals surface area contributed by atoms with E-state index in [2.05, 4.69) is 15.6 Å². The van der Waals surface area contributed by atoms with Crippen molar-refractivity contribution in [3.8, 4) is 0 Å². The highest BCUT2D eigenvalue weighted by atomic mass is 19.1. The second kappa shape index (κ2) is 6.82. The topological polar surface area (TPSA) is 63.1 Å². The quantitative estimate of drug-likeness (QED) is 0.904. The molecular formula is C18H22FN5O. The summed E-state index contributed by atoms with van der Waals surface area (Å²) in [6.07, 6.45) is 5.97. The minimum Gasteiger partial charge on any atom is -0.367 e. The van der Waals surface area contributed by atoms with Gasteiger partial charge in [0.1, 0.15) is 5.82 Å². The molecular weight excluding hydrogens is 321 g/mol. The molecule has 1 aliphatic heterocycles. The molecule has 0 radical (unpaired) electrons. The molecule has 1 amide bonds. The lowest BCUT2D eigenvalue weighted by Gasteiger charge is -2.34. The van der Waals surface area contributed by atoms with Gasteiger partial charge in [-0.25, -0.2) is 4.39 Å². The van der Waals surface area contributed by atoms with E-state index in [0.29, 0.717) is 23.8 Å². The van der Waals surface area contributed by atoms with Gasteiger partial charge in [-0.05, 0) is 43.7 Å². The summed E-state index contributed by atoms with van der Waals surface area (Å²) in [5.41, 5.74) is 0.945. The fourth-order valence-corrected chi connectivity index (χ4v) is 3.34. The molecule has 2 aromatic rings. The number of amides is 1. The molecule has 1 aromatic carbocycles. The zero-order valence-corrected chi connectivity index (χ0v) is 14.1. The number of halogens is 1. The van der Waals surface area contributed by atoms with E-state index in [-0.39, 0.29) is 17.8 Å². The Morgan fingerprint density at radius 2 is 2.12 bits per heavy atom. The molecule has 25 heavy (non-hydrogen) atoms. The van der Waals surface area contributed by atoms with Crippen LogP contribution in [0.1, 0.15) is 36.2 Å². The average Bonchev–Trinajstić information content (AvgIpc) is 3.30. The fraction of sp³-hybridized carbons (Fsp3) is 0.500. The number of hydrogen-bond acceptors (Lipinski definition) is 4. The highest BCUT2D eigenvalue weighted by Crippen LogP contribution is 2.30. The van der Waals surface area contributed by atoms with Crippen molar-refractivity contribution < 1.29 is 9.18 Å². The van der Waals surface area contributed by atoms with Gasteiger partial charge in [-0.3, -0.25) is 9.48 Å². The van der Waals surface area contributed by atoms with Crippen LogP contribution in [-0.4, -0.2) is 40.0 Å². The first-order chi connectivity index (χ1) is 12.2. The molecule has 1 unspecified atom stereocenters. The van der Waals surface area contributed by atoms with Crippen LogP contribution < -0.4 is 10.2 Å². The molecule has 6 nitrogen and oxygen atoms in total. The summed E-state index contributed by atoms with van der Waals surface area (Å²) in [4.78, 5) is 14.4. The Kier molecular flexibility index (Phi) is 4.38. The van der Waals surface area contributed by atoms with Crippen LogP contribution in [0.2, 0.25) is 0 Å². The number of carbonyl (C=O) groups is 1. The molecule has 0 bridgehead atoms. The van der Waals surface area contributed by atoms with Gasteiger partial charge in [0, 0.05) is 25.7 Å². The van der Waals surface area contributed by atoms with Crippen LogP contribution in [0.5, 0.6) is 0 Å². The Bertz CT molecular complexity index is 757. The number of para-hydroxylation sites is 1. The maximum Gasteiger partial charge on any atom is 0.273 e. The standard InChI is InChI=1S/C18H22FN5O/c19-15-5-1-2-6-17(15)23-9-3-4-14(11-23)20-18(25)16-12-24(22-21-16)10-13-7-8-13/h1-2,5-6,12-14H,3-4,7-11H2,(H,20,25). The van der Waals surface area contributed by atoms with E-state index >= 15 is 0 Å². The summed E-state index contributed by atoms with van der Waals surface area (Å²) in [6, 6.07) is 6.75. The summed E-state index contributed by atoms with van der Waals surface area (Å²) in [6.45, 7) is 2.23. The van der Waals surface area contributed by atoms with Crippen LogP contribution >= 0.6 is 0 Å². The Balaban J connectivity index is 1.37. The monoisotopic (exact) mass is 343 g/mol. The van der Waals surface area contributed by atoms with Gasteiger partial charge >= 0.3 is 0 Å². The number of piperidine rings is 1. The molecule has 4 rings (SSSR count). The maximum absolute atomic E-state index is 14.0. The molecule has 2 heterocycles. The zero-order chi connectivity index (χ0) is 17.2. The predicted octanol–water partition coefficient (Wildman–Crippen LogP) is 2.23. The Morgan fingerprint density at radius 3 is 2.92 bits per heavy atom. The number of rotatable bonds is 5. The molecule has 2 aliphatic rings. The second-order valence-electron chi connectivity index (χ2n) is 6.98. The van der Waals surface area contributed by atoms with Gasteiger partial charge in [0.05, 0.1) is 11.9 Å². The first-order valence-electron chi connectivity index (χ1n) is 8.89. The molecule has 132 valence electrons. The molecule has 1 N–H and O–H groups in total. The third kappa shape index (κ3) is 3.81. The zero-order valence-electron chi connectivity index (χ0n) is 14.1. The van der Waals surface area contributed by atoms with E-state index in [4.69, 9.17) is 0 Å². The van der Waals surface area contributed by atoms with Crippen molar-refractivity contribution in [3.05, 3.63) is 42.0 Å². The van der Waals surface area contributed by atoms with E-state index in [1.54, 1.807) is 23.0 Å². The number of nitrogens with one attached hydrogen (secondary N) is 1. The maximum atomic E-state index is 14.0. The molecule has 0 spiro atoms. The van der Waals surface area contributed by atoms with E-state index in [9.17, 15) is 9.18 Å². The predicted molar refractivity (Wildman–Crippen MR) is 91.8 cm³/mol. The number of nitrogens with zero attached hydrogens (tertiary/aromatic N) is 4. The van der Waals surface area contributed by atoms with Gasteiger partial charge in [-0.2, -0.15) is 0 Å². The number of carbonyl (C=O) groups excluding carboxylic acids is 1. The third-order valence-electron chi connectivity index (χ3n) is 4.86. The van der Waals surface area contributed by atoms with Gasteiger partial charge in [0.2, 0.25) is 0 Å². The average molecular weight is 343 g/mol.